The van der Waals surface area contributed by atoms with Crippen molar-refractivity contribution < 1.29 is 0 Å². The van der Waals surface area contributed by atoms with E-state index in [1.807, 2.05) is 23.5 Å². The summed E-state index contributed by atoms with van der Waals surface area (Å²) in [5, 5.41) is 1.53. The highest BCUT2D eigenvalue weighted by Gasteiger charge is 2.46. The predicted octanol–water partition coefficient (Wildman–Crippen LogP) is 6.26. The van der Waals surface area contributed by atoms with Crippen LogP contribution >= 0.6 is 23.5 Å². The Kier molecular flexibility index (Phi) is 6.68. The molecule has 3 heteroatoms. The highest BCUT2D eigenvalue weighted by molar-refractivity contribution is 8.03. The lowest BCUT2D eigenvalue weighted by molar-refractivity contribution is 1.19. The van der Waals surface area contributed by atoms with Crippen molar-refractivity contribution in [1.82, 2.24) is 0 Å². The number of rotatable bonds is 7. The number of hydrogen-bond donors (Lipinski definition) is 0. The van der Waals surface area contributed by atoms with E-state index in [0.29, 0.717) is 9.75 Å². The fourth-order valence-corrected chi connectivity index (χ4v) is 14.2. The van der Waals surface area contributed by atoms with Crippen LogP contribution in [0.4, 0.5) is 0 Å². The number of benzene rings is 3. The molecule has 0 saturated heterocycles. The Morgan fingerprint density at radius 3 is 1.27 bits per heavy atom. The topological polar surface area (TPSA) is 0 Å². The molecule has 134 valence electrons. The zero-order valence-corrected chi connectivity index (χ0v) is 18.3. The molecule has 0 radical (unpaired) electrons. The minimum absolute atomic E-state index is 0.503. The second-order valence-corrected chi connectivity index (χ2v) is 13.7. The van der Waals surface area contributed by atoms with Crippen molar-refractivity contribution in [3.8, 4) is 0 Å². The van der Waals surface area contributed by atoms with Gasteiger partial charge in [-0.2, -0.15) is 23.5 Å². The first kappa shape index (κ1) is 19.3. The maximum absolute atomic E-state index is 2.57. The first-order valence-electron chi connectivity index (χ1n) is 8.92. The van der Waals surface area contributed by atoms with Gasteiger partial charge in [0.05, 0.1) is 0 Å². The fraction of sp³-hybridized carbons (Fsp3) is 0.217. The molecule has 0 aliphatic carbocycles. The van der Waals surface area contributed by atoms with Crippen LogP contribution in [0.5, 0.6) is 0 Å². The summed E-state index contributed by atoms with van der Waals surface area (Å²) in [7, 11) is -1.94. The van der Waals surface area contributed by atoms with Gasteiger partial charge in [-0.25, -0.2) is 0 Å². The maximum Gasteiger partial charge on any atom is 0.120 e. The van der Waals surface area contributed by atoms with E-state index >= 15 is 0 Å². The van der Waals surface area contributed by atoms with E-state index in [-0.39, 0.29) is 0 Å². The molecule has 0 amide bonds. The first-order chi connectivity index (χ1) is 12.7. The van der Waals surface area contributed by atoms with Gasteiger partial charge in [0.2, 0.25) is 0 Å². The quantitative estimate of drug-likeness (QED) is 0.434. The maximum atomic E-state index is 2.57. The molecule has 2 atom stereocenters. The van der Waals surface area contributed by atoms with Gasteiger partial charge in [0.25, 0.3) is 0 Å². The van der Waals surface area contributed by atoms with Crippen LogP contribution < -0.4 is 5.19 Å². The molecule has 2 unspecified atom stereocenters. The molecule has 3 rings (SSSR count). The third-order valence-electron chi connectivity index (χ3n) is 5.16. The Morgan fingerprint density at radius 2 is 0.923 bits per heavy atom. The Morgan fingerprint density at radius 1 is 0.577 bits per heavy atom. The van der Waals surface area contributed by atoms with E-state index in [9.17, 15) is 0 Å². The lowest BCUT2D eigenvalue weighted by atomic mass is 10.2. The van der Waals surface area contributed by atoms with Gasteiger partial charge >= 0.3 is 0 Å². The molecule has 3 aromatic carbocycles. The summed E-state index contributed by atoms with van der Waals surface area (Å²) in [6, 6.07) is 33.4. The summed E-state index contributed by atoms with van der Waals surface area (Å²) in [4.78, 5) is 1.01. The van der Waals surface area contributed by atoms with Crippen molar-refractivity contribution in [2.75, 3.05) is 12.5 Å². The summed E-state index contributed by atoms with van der Waals surface area (Å²) < 4.78 is 0. The highest BCUT2D eigenvalue weighted by Crippen LogP contribution is 2.47. The average Bonchev–Trinajstić information content (AvgIpc) is 2.71. The average molecular weight is 395 g/mol. The number of thioether (sulfide) groups is 2. The van der Waals surface area contributed by atoms with Gasteiger partial charge in [0.1, 0.15) is 8.07 Å². The molecule has 26 heavy (non-hydrogen) atoms. The first-order valence-corrected chi connectivity index (χ1v) is 14.2. The second-order valence-electron chi connectivity index (χ2n) is 6.70. The van der Waals surface area contributed by atoms with Crippen LogP contribution in [0.15, 0.2) is 91.0 Å². The van der Waals surface area contributed by atoms with Gasteiger partial charge < -0.3 is 0 Å². The van der Waals surface area contributed by atoms with E-state index in [1.54, 1.807) is 0 Å². The van der Waals surface area contributed by atoms with Crippen LogP contribution in [0.2, 0.25) is 6.55 Å². The predicted molar refractivity (Wildman–Crippen MR) is 123 cm³/mol. The van der Waals surface area contributed by atoms with Crippen LogP contribution in [0.3, 0.4) is 0 Å². The van der Waals surface area contributed by atoms with Gasteiger partial charge in [-0.3, -0.25) is 0 Å². The van der Waals surface area contributed by atoms with Crippen LogP contribution in [0.25, 0.3) is 0 Å². The summed E-state index contributed by atoms with van der Waals surface area (Å²) in [5.41, 5.74) is 2.90. The van der Waals surface area contributed by atoms with Crippen LogP contribution in [0.1, 0.15) is 20.9 Å². The smallest absolute Gasteiger partial charge is 0.120 e. The lowest BCUT2D eigenvalue weighted by Gasteiger charge is -2.42. The molecule has 0 bridgehead atoms. The van der Waals surface area contributed by atoms with Gasteiger partial charge in [0.15, 0.2) is 0 Å². The zero-order valence-electron chi connectivity index (χ0n) is 15.6. The van der Waals surface area contributed by atoms with E-state index in [4.69, 9.17) is 0 Å². The van der Waals surface area contributed by atoms with E-state index < -0.39 is 8.07 Å². The van der Waals surface area contributed by atoms with Gasteiger partial charge in [-0.15, -0.1) is 0 Å². The molecule has 0 aliphatic rings. The number of hydrogen-bond acceptors (Lipinski definition) is 2. The van der Waals surface area contributed by atoms with Gasteiger partial charge in [-0.05, 0) is 23.6 Å². The minimum Gasteiger partial charge on any atom is -0.160 e. The van der Waals surface area contributed by atoms with E-state index in [1.165, 1.54) is 16.3 Å². The minimum atomic E-state index is -1.94. The van der Waals surface area contributed by atoms with Crippen LogP contribution in [0, 0.1) is 0 Å². The largest absolute Gasteiger partial charge is 0.160 e. The van der Waals surface area contributed by atoms with Gasteiger partial charge in [-0.1, -0.05) is 103 Å². The van der Waals surface area contributed by atoms with E-state index in [2.05, 4.69) is 110 Å². The lowest BCUT2D eigenvalue weighted by Crippen LogP contribution is -2.54. The van der Waals surface area contributed by atoms with Crippen molar-refractivity contribution >= 4 is 36.8 Å². The van der Waals surface area contributed by atoms with Crippen molar-refractivity contribution in [2.45, 2.75) is 16.3 Å². The summed E-state index contributed by atoms with van der Waals surface area (Å²) >= 11 is 4.02. The molecule has 0 nitrogen and oxygen atoms in total. The molecule has 0 aliphatic heterocycles. The third kappa shape index (κ3) is 3.80. The monoisotopic (exact) mass is 394 g/mol. The van der Waals surface area contributed by atoms with Crippen molar-refractivity contribution in [3.63, 3.8) is 0 Å². The van der Waals surface area contributed by atoms with Crippen molar-refractivity contribution in [1.29, 1.82) is 0 Å². The molecule has 0 N–H and O–H groups in total. The Balaban J connectivity index is 2.19. The van der Waals surface area contributed by atoms with Crippen molar-refractivity contribution in [3.05, 3.63) is 102 Å². The Labute approximate surface area is 167 Å². The molecule has 0 spiro atoms. The second kappa shape index (κ2) is 8.98. The SMILES string of the molecule is CSC(c1ccccc1)[Si](C)(c1ccccc1)C(SC)c1ccccc1. The molecular weight excluding hydrogens is 368 g/mol. The van der Waals surface area contributed by atoms with Crippen LogP contribution in [-0.4, -0.2) is 20.6 Å². The highest BCUT2D eigenvalue weighted by atomic mass is 32.2. The summed E-state index contributed by atoms with van der Waals surface area (Å²) in [5.74, 6) is 0. The zero-order chi connectivity index (χ0) is 18.4. The molecule has 0 aromatic heterocycles. The van der Waals surface area contributed by atoms with Gasteiger partial charge in [0, 0.05) is 9.75 Å². The summed E-state index contributed by atoms with van der Waals surface area (Å²) in [6.45, 7) is 2.57. The molecule has 0 saturated carbocycles. The standard InChI is InChI=1S/C23H26S2Si/c1-24-22(19-13-7-4-8-14-19)26(3,21-17-11-6-12-18-21)23(25-2)20-15-9-5-10-16-20/h4-18,22-23H,1-3H3. The Hall–Kier alpha value is -1.42. The van der Waals surface area contributed by atoms with Crippen LogP contribution in [-0.2, 0) is 0 Å². The third-order valence-corrected chi connectivity index (χ3v) is 15.4. The van der Waals surface area contributed by atoms with Crippen molar-refractivity contribution in [2.24, 2.45) is 0 Å². The molecular formula is C23H26S2Si. The fourth-order valence-electron chi connectivity index (χ4n) is 3.95. The molecule has 0 heterocycles. The Bertz CT molecular complexity index is 743. The molecule has 0 fully saturated rings. The summed E-state index contributed by atoms with van der Waals surface area (Å²) in [6.07, 6.45) is 4.54. The van der Waals surface area contributed by atoms with E-state index in [0.717, 1.165) is 0 Å². The molecule has 3 aromatic rings. The normalized spacial score (nSPS) is 15.8.